The Kier molecular flexibility index (Phi) is 7.46. The number of nitrogens with two attached hydrogens (primary N) is 1. The van der Waals surface area contributed by atoms with Gasteiger partial charge < -0.3 is 15.8 Å². The number of esters is 1. The summed E-state index contributed by atoms with van der Waals surface area (Å²) in [5.74, 6) is 0.193. The zero-order chi connectivity index (χ0) is 24.0. The number of nitrogens with one attached hydrogen (secondary N) is 3. The third kappa shape index (κ3) is 6.40. The van der Waals surface area contributed by atoms with Gasteiger partial charge in [-0.25, -0.2) is 23.2 Å². The van der Waals surface area contributed by atoms with Crippen LogP contribution in [0.15, 0.2) is 59.8 Å². The van der Waals surface area contributed by atoms with Crippen molar-refractivity contribution in [3.63, 3.8) is 0 Å². The van der Waals surface area contributed by atoms with Crippen LogP contribution in [0.2, 0.25) is 0 Å². The van der Waals surface area contributed by atoms with Crippen LogP contribution in [-0.4, -0.2) is 31.0 Å². The van der Waals surface area contributed by atoms with Gasteiger partial charge in [0.05, 0.1) is 17.1 Å². The van der Waals surface area contributed by atoms with Crippen molar-refractivity contribution in [2.75, 3.05) is 23.1 Å². The van der Waals surface area contributed by atoms with Crippen molar-refractivity contribution in [2.45, 2.75) is 25.7 Å². The molecule has 174 valence electrons. The molecule has 0 atom stereocenters. The van der Waals surface area contributed by atoms with Crippen LogP contribution in [0, 0.1) is 12.8 Å². The number of benzene rings is 2. The Bertz CT molecular complexity index is 1210. The third-order valence-corrected chi connectivity index (χ3v) is 5.71. The van der Waals surface area contributed by atoms with Crippen LogP contribution in [0.5, 0.6) is 0 Å². The summed E-state index contributed by atoms with van der Waals surface area (Å²) in [5, 5.41) is 3.02. The standard InChI is InChI=1S/C22H26N6O4S/c1-14(2)12-32-22(29)16-6-8-17(9-7-16)26-20-19(23)21(25-13-24-20)27-28-33(30,31)18-10-4-15(3)5-11-18/h4-11,13-14,28H,12,23H2,1-3H3,(H2,24,25,26,27). The fraction of sp³-hybridized carbons (Fsp3) is 0.227. The number of hydrazine groups is 1. The summed E-state index contributed by atoms with van der Waals surface area (Å²) in [5.41, 5.74) is 10.7. The molecule has 11 heteroatoms. The number of hydrogen-bond acceptors (Lipinski definition) is 9. The zero-order valence-electron chi connectivity index (χ0n) is 18.5. The van der Waals surface area contributed by atoms with Crippen molar-refractivity contribution < 1.29 is 17.9 Å². The zero-order valence-corrected chi connectivity index (χ0v) is 19.3. The van der Waals surface area contributed by atoms with Gasteiger partial charge in [-0.05, 0) is 49.2 Å². The first-order valence-corrected chi connectivity index (χ1v) is 11.6. The molecule has 5 N–H and O–H groups in total. The lowest BCUT2D eigenvalue weighted by atomic mass is 10.2. The molecule has 1 heterocycles. The van der Waals surface area contributed by atoms with Gasteiger partial charge in [-0.2, -0.15) is 0 Å². The van der Waals surface area contributed by atoms with Crippen molar-refractivity contribution in [3.05, 3.63) is 66.0 Å². The van der Waals surface area contributed by atoms with E-state index < -0.39 is 16.0 Å². The fourth-order valence-electron chi connectivity index (χ4n) is 2.64. The SMILES string of the molecule is Cc1ccc(S(=O)(=O)NNc2ncnc(Nc3ccc(C(=O)OCC(C)C)cc3)c2N)cc1. The van der Waals surface area contributed by atoms with E-state index in [-0.39, 0.29) is 28.1 Å². The van der Waals surface area contributed by atoms with Crippen LogP contribution < -0.4 is 21.3 Å². The second kappa shape index (κ2) is 10.3. The summed E-state index contributed by atoms with van der Waals surface area (Å²) in [4.78, 5) is 22.5. The second-order valence-corrected chi connectivity index (χ2v) is 9.41. The van der Waals surface area contributed by atoms with E-state index in [9.17, 15) is 13.2 Å². The Hall–Kier alpha value is -3.70. The van der Waals surface area contributed by atoms with Gasteiger partial charge in [0.2, 0.25) is 0 Å². The smallest absolute Gasteiger partial charge is 0.338 e. The number of nitrogen functional groups attached to an aromatic ring is 1. The molecular formula is C22H26N6O4S. The van der Waals surface area contributed by atoms with Crippen molar-refractivity contribution in [3.8, 4) is 0 Å². The first-order valence-electron chi connectivity index (χ1n) is 10.1. The van der Waals surface area contributed by atoms with Gasteiger partial charge in [-0.3, -0.25) is 5.43 Å². The van der Waals surface area contributed by atoms with Gasteiger partial charge in [0.15, 0.2) is 11.6 Å². The molecular weight excluding hydrogens is 444 g/mol. The van der Waals surface area contributed by atoms with Crippen LogP contribution >= 0.6 is 0 Å². The molecule has 0 aliphatic rings. The molecule has 33 heavy (non-hydrogen) atoms. The molecule has 0 saturated carbocycles. The van der Waals surface area contributed by atoms with E-state index in [0.717, 1.165) is 5.56 Å². The lowest BCUT2D eigenvalue weighted by molar-refractivity contribution is 0.0459. The molecule has 0 amide bonds. The van der Waals surface area contributed by atoms with Gasteiger partial charge in [0, 0.05) is 5.69 Å². The first kappa shape index (κ1) is 24.0. The Morgan fingerprint density at radius 2 is 1.67 bits per heavy atom. The number of nitrogens with zero attached hydrogens (tertiary/aromatic N) is 2. The third-order valence-electron chi connectivity index (χ3n) is 4.45. The van der Waals surface area contributed by atoms with Gasteiger partial charge in [-0.1, -0.05) is 31.5 Å². The lowest BCUT2D eigenvalue weighted by Gasteiger charge is -2.14. The summed E-state index contributed by atoms with van der Waals surface area (Å²) < 4.78 is 30.1. The van der Waals surface area contributed by atoms with Crippen LogP contribution in [0.1, 0.15) is 29.8 Å². The average Bonchev–Trinajstić information content (AvgIpc) is 2.79. The maximum absolute atomic E-state index is 12.5. The monoisotopic (exact) mass is 470 g/mol. The summed E-state index contributed by atoms with van der Waals surface area (Å²) in [6.07, 6.45) is 1.23. The predicted octanol–water partition coefficient (Wildman–Crippen LogP) is 3.23. The molecule has 0 bridgehead atoms. The van der Waals surface area contributed by atoms with Gasteiger partial charge in [0.1, 0.15) is 12.0 Å². The minimum absolute atomic E-state index is 0.0806. The molecule has 0 spiro atoms. The quantitative estimate of drug-likeness (QED) is 0.273. The molecule has 3 rings (SSSR count). The highest BCUT2D eigenvalue weighted by molar-refractivity contribution is 7.89. The van der Waals surface area contributed by atoms with E-state index in [1.165, 1.54) is 18.5 Å². The molecule has 2 aromatic carbocycles. The Morgan fingerprint density at radius 1 is 1.03 bits per heavy atom. The summed E-state index contributed by atoms with van der Waals surface area (Å²) in [6.45, 7) is 6.13. The second-order valence-electron chi connectivity index (χ2n) is 7.72. The molecule has 10 nitrogen and oxygen atoms in total. The normalized spacial score (nSPS) is 11.3. The fourth-order valence-corrected chi connectivity index (χ4v) is 3.48. The van der Waals surface area contributed by atoms with Crippen LogP contribution in [0.3, 0.4) is 0 Å². The molecule has 1 aromatic heterocycles. The highest BCUT2D eigenvalue weighted by Crippen LogP contribution is 2.26. The molecule has 0 unspecified atom stereocenters. The Morgan fingerprint density at radius 3 is 2.30 bits per heavy atom. The molecule has 0 saturated heterocycles. The van der Waals surface area contributed by atoms with Crippen LogP contribution in [-0.2, 0) is 14.8 Å². The van der Waals surface area contributed by atoms with Crippen LogP contribution in [0.25, 0.3) is 0 Å². The highest BCUT2D eigenvalue weighted by atomic mass is 32.2. The summed E-state index contributed by atoms with van der Waals surface area (Å²) >= 11 is 0. The number of anilines is 4. The van der Waals surface area contributed by atoms with Crippen molar-refractivity contribution in [1.29, 1.82) is 0 Å². The number of carbonyl (C=O) groups is 1. The van der Waals surface area contributed by atoms with Crippen LogP contribution in [0.4, 0.5) is 23.0 Å². The van der Waals surface area contributed by atoms with Gasteiger partial charge in [-0.15, -0.1) is 4.83 Å². The minimum Gasteiger partial charge on any atom is -0.462 e. The largest absolute Gasteiger partial charge is 0.462 e. The predicted molar refractivity (Wildman–Crippen MR) is 126 cm³/mol. The number of rotatable bonds is 9. The minimum atomic E-state index is -3.83. The number of hydrogen-bond donors (Lipinski definition) is 4. The molecule has 0 fully saturated rings. The number of aryl methyl sites for hydroxylation is 1. The van der Waals surface area contributed by atoms with E-state index >= 15 is 0 Å². The number of carbonyl (C=O) groups excluding carboxylic acids is 1. The number of sulfonamides is 1. The van der Waals surface area contributed by atoms with Crippen molar-refractivity contribution in [1.82, 2.24) is 14.8 Å². The van der Waals surface area contributed by atoms with Gasteiger partial charge in [0.25, 0.3) is 10.0 Å². The number of aromatic nitrogens is 2. The van der Waals surface area contributed by atoms with Gasteiger partial charge >= 0.3 is 5.97 Å². The Labute approximate surface area is 192 Å². The van der Waals surface area contributed by atoms with Crippen molar-refractivity contribution >= 4 is 39.0 Å². The van der Waals surface area contributed by atoms with E-state index in [2.05, 4.69) is 25.5 Å². The molecule has 3 aromatic rings. The maximum Gasteiger partial charge on any atom is 0.338 e. The van der Waals surface area contributed by atoms with E-state index in [1.807, 2.05) is 20.8 Å². The topological polar surface area (TPSA) is 148 Å². The van der Waals surface area contributed by atoms with Crippen molar-refractivity contribution in [2.24, 2.45) is 5.92 Å². The molecule has 0 aliphatic heterocycles. The van der Waals surface area contributed by atoms with E-state index in [1.54, 1.807) is 36.4 Å². The summed E-state index contributed by atoms with van der Waals surface area (Å²) in [7, 11) is -3.83. The molecule has 0 radical (unpaired) electrons. The van der Waals surface area contributed by atoms with E-state index in [0.29, 0.717) is 17.9 Å². The maximum atomic E-state index is 12.5. The first-order chi connectivity index (χ1) is 15.7. The average molecular weight is 471 g/mol. The number of ether oxygens (including phenoxy) is 1. The molecule has 0 aliphatic carbocycles. The summed E-state index contributed by atoms with van der Waals surface area (Å²) in [6, 6.07) is 13.0. The van der Waals surface area contributed by atoms with E-state index in [4.69, 9.17) is 10.5 Å². The highest BCUT2D eigenvalue weighted by Gasteiger charge is 2.16. The lowest BCUT2D eigenvalue weighted by Crippen LogP contribution is -2.30. The Balaban J connectivity index is 1.67.